The van der Waals surface area contributed by atoms with Crippen molar-refractivity contribution in [2.75, 3.05) is 5.01 Å². The van der Waals surface area contributed by atoms with Crippen molar-refractivity contribution < 1.29 is 0 Å². The summed E-state index contributed by atoms with van der Waals surface area (Å²) in [4.78, 5) is 4.53. The average molecular weight is 255 g/mol. The van der Waals surface area contributed by atoms with E-state index < -0.39 is 0 Å². The highest BCUT2D eigenvalue weighted by atomic mass is 32.1. The molecule has 0 bridgehead atoms. The smallest absolute Gasteiger partial charge is 0.201 e. The molecule has 3 nitrogen and oxygen atoms in total. The molecule has 90 valence electrons. The number of aromatic nitrogens is 1. The highest BCUT2D eigenvalue weighted by molar-refractivity contribution is 7.22. The Hall–Kier alpha value is -1.91. The fourth-order valence-electron chi connectivity index (χ4n) is 1.83. The monoisotopic (exact) mass is 255 g/mol. The van der Waals surface area contributed by atoms with E-state index in [2.05, 4.69) is 23.2 Å². The second-order valence-corrected chi connectivity index (χ2v) is 5.09. The summed E-state index contributed by atoms with van der Waals surface area (Å²) < 4.78 is 1.16. The maximum absolute atomic E-state index is 6.07. The van der Waals surface area contributed by atoms with Crippen molar-refractivity contribution in [1.82, 2.24) is 4.98 Å². The zero-order chi connectivity index (χ0) is 12.4. The third kappa shape index (κ3) is 2.20. The van der Waals surface area contributed by atoms with Gasteiger partial charge < -0.3 is 0 Å². The minimum Gasteiger partial charge on any atom is -0.282 e. The van der Waals surface area contributed by atoms with Gasteiger partial charge in [0.2, 0.25) is 5.13 Å². The van der Waals surface area contributed by atoms with Gasteiger partial charge in [-0.2, -0.15) is 0 Å². The number of nitrogens with zero attached hydrogens (tertiary/aromatic N) is 2. The van der Waals surface area contributed by atoms with Gasteiger partial charge in [-0.1, -0.05) is 53.8 Å². The minimum atomic E-state index is 0.667. The molecule has 0 fully saturated rings. The van der Waals surface area contributed by atoms with Gasteiger partial charge in [-0.15, -0.1) is 0 Å². The van der Waals surface area contributed by atoms with Gasteiger partial charge in [-0.25, -0.2) is 10.8 Å². The Morgan fingerprint density at radius 3 is 2.50 bits per heavy atom. The lowest BCUT2D eigenvalue weighted by Gasteiger charge is -2.14. The van der Waals surface area contributed by atoms with Crippen molar-refractivity contribution in [3.05, 3.63) is 60.2 Å². The van der Waals surface area contributed by atoms with E-state index in [1.165, 1.54) is 5.56 Å². The molecule has 2 aromatic carbocycles. The van der Waals surface area contributed by atoms with E-state index in [1.54, 1.807) is 16.3 Å². The van der Waals surface area contributed by atoms with Crippen LogP contribution in [0.5, 0.6) is 0 Å². The SMILES string of the molecule is NN(Cc1ccccc1)c1nc2ccccc2s1. The number of anilines is 1. The first kappa shape index (κ1) is 11.2. The number of hydrazine groups is 1. The predicted octanol–water partition coefficient (Wildman–Crippen LogP) is 3.18. The van der Waals surface area contributed by atoms with Gasteiger partial charge in [-0.3, -0.25) is 5.01 Å². The lowest BCUT2D eigenvalue weighted by atomic mass is 10.2. The summed E-state index contributed by atoms with van der Waals surface area (Å²) in [5.41, 5.74) is 2.18. The van der Waals surface area contributed by atoms with Crippen LogP contribution in [0, 0.1) is 0 Å². The van der Waals surface area contributed by atoms with Crippen molar-refractivity contribution in [2.24, 2.45) is 5.84 Å². The molecule has 1 heterocycles. The highest BCUT2D eigenvalue weighted by Gasteiger charge is 2.08. The number of hydrogen-bond acceptors (Lipinski definition) is 4. The molecule has 0 aliphatic rings. The number of thiazole rings is 1. The Kier molecular flexibility index (Phi) is 2.96. The number of fused-ring (bicyclic) bond motifs is 1. The first-order valence-electron chi connectivity index (χ1n) is 5.75. The van der Waals surface area contributed by atoms with Gasteiger partial charge >= 0.3 is 0 Å². The van der Waals surface area contributed by atoms with Crippen molar-refractivity contribution in [3.8, 4) is 0 Å². The summed E-state index contributed by atoms with van der Waals surface area (Å²) in [5.74, 6) is 6.07. The molecule has 0 atom stereocenters. The van der Waals surface area contributed by atoms with Crippen LogP contribution in [0.3, 0.4) is 0 Å². The molecule has 0 saturated carbocycles. The van der Waals surface area contributed by atoms with Crippen molar-refractivity contribution >= 4 is 26.7 Å². The Morgan fingerprint density at radius 1 is 1.00 bits per heavy atom. The Labute approximate surface area is 109 Å². The molecular formula is C14H13N3S. The summed E-state index contributed by atoms with van der Waals surface area (Å²) in [6.45, 7) is 0.667. The van der Waals surface area contributed by atoms with E-state index in [4.69, 9.17) is 5.84 Å². The van der Waals surface area contributed by atoms with Crippen molar-refractivity contribution in [3.63, 3.8) is 0 Å². The van der Waals surface area contributed by atoms with Crippen LogP contribution in [-0.4, -0.2) is 4.98 Å². The summed E-state index contributed by atoms with van der Waals surface area (Å²) in [5, 5.41) is 2.54. The van der Waals surface area contributed by atoms with Crippen LogP contribution in [0.2, 0.25) is 0 Å². The fourth-order valence-corrected chi connectivity index (χ4v) is 2.72. The van der Waals surface area contributed by atoms with E-state index in [-0.39, 0.29) is 0 Å². The quantitative estimate of drug-likeness (QED) is 0.577. The van der Waals surface area contributed by atoms with Gasteiger partial charge in [0, 0.05) is 0 Å². The predicted molar refractivity (Wildman–Crippen MR) is 76.4 cm³/mol. The molecular weight excluding hydrogens is 242 g/mol. The molecule has 1 aromatic heterocycles. The standard InChI is InChI=1S/C14H13N3S/c15-17(10-11-6-2-1-3-7-11)14-16-12-8-4-5-9-13(12)18-14/h1-9H,10,15H2. The fraction of sp³-hybridized carbons (Fsp3) is 0.0714. The Balaban J connectivity index is 1.86. The van der Waals surface area contributed by atoms with Crippen LogP contribution < -0.4 is 10.9 Å². The van der Waals surface area contributed by atoms with Crippen LogP contribution in [0.15, 0.2) is 54.6 Å². The first-order chi connectivity index (χ1) is 8.83. The van der Waals surface area contributed by atoms with E-state index in [0.717, 1.165) is 15.3 Å². The van der Waals surface area contributed by atoms with Gasteiger partial charge in [-0.05, 0) is 17.7 Å². The molecule has 0 aliphatic heterocycles. The summed E-state index contributed by atoms with van der Waals surface area (Å²) >= 11 is 1.61. The van der Waals surface area contributed by atoms with E-state index >= 15 is 0 Å². The summed E-state index contributed by atoms with van der Waals surface area (Å²) in [6.07, 6.45) is 0. The maximum Gasteiger partial charge on any atom is 0.201 e. The highest BCUT2D eigenvalue weighted by Crippen LogP contribution is 2.27. The van der Waals surface area contributed by atoms with Gasteiger partial charge in [0.25, 0.3) is 0 Å². The normalized spacial score (nSPS) is 10.7. The zero-order valence-corrected chi connectivity index (χ0v) is 10.6. The molecule has 3 aromatic rings. The van der Waals surface area contributed by atoms with Crippen LogP contribution in [-0.2, 0) is 6.54 Å². The molecule has 0 saturated heterocycles. The summed E-state index contributed by atoms with van der Waals surface area (Å²) in [6, 6.07) is 18.2. The molecule has 2 N–H and O–H groups in total. The van der Waals surface area contributed by atoms with Gasteiger partial charge in [0.1, 0.15) is 0 Å². The van der Waals surface area contributed by atoms with Crippen LogP contribution >= 0.6 is 11.3 Å². The number of para-hydroxylation sites is 1. The number of benzene rings is 2. The lowest BCUT2D eigenvalue weighted by Crippen LogP contribution is -2.29. The van der Waals surface area contributed by atoms with E-state index in [9.17, 15) is 0 Å². The molecule has 4 heteroatoms. The number of hydrogen-bond donors (Lipinski definition) is 1. The third-order valence-corrected chi connectivity index (χ3v) is 3.80. The molecule has 18 heavy (non-hydrogen) atoms. The Morgan fingerprint density at radius 2 is 1.72 bits per heavy atom. The average Bonchev–Trinajstić information content (AvgIpc) is 2.84. The number of nitrogens with two attached hydrogens (primary N) is 1. The van der Waals surface area contributed by atoms with Crippen LogP contribution in [0.4, 0.5) is 5.13 Å². The van der Waals surface area contributed by atoms with Crippen LogP contribution in [0.1, 0.15) is 5.56 Å². The molecule has 3 rings (SSSR count). The molecule has 0 spiro atoms. The van der Waals surface area contributed by atoms with Crippen LogP contribution in [0.25, 0.3) is 10.2 Å². The Bertz CT molecular complexity index is 615. The molecule has 0 unspecified atom stereocenters. The second-order valence-electron chi connectivity index (χ2n) is 4.08. The van der Waals surface area contributed by atoms with Crippen molar-refractivity contribution in [1.29, 1.82) is 0 Å². The van der Waals surface area contributed by atoms with Crippen molar-refractivity contribution in [2.45, 2.75) is 6.54 Å². The minimum absolute atomic E-state index is 0.667. The largest absolute Gasteiger partial charge is 0.282 e. The van der Waals surface area contributed by atoms with E-state index in [1.807, 2.05) is 36.4 Å². The maximum atomic E-state index is 6.07. The molecule has 0 radical (unpaired) electrons. The molecule has 0 amide bonds. The third-order valence-electron chi connectivity index (χ3n) is 2.72. The zero-order valence-electron chi connectivity index (χ0n) is 9.78. The van der Waals surface area contributed by atoms with E-state index in [0.29, 0.717) is 6.54 Å². The van der Waals surface area contributed by atoms with Gasteiger partial charge in [0.15, 0.2) is 0 Å². The summed E-state index contributed by atoms with van der Waals surface area (Å²) in [7, 11) is 0. The topological polar surface area (TPSA) is 42.1 Å². The van der Waals surface area contributed by atoms with Gasteiger partial charge in [0.05, 0.1) is 16.8 Å². The lowest BCUT2D eigenvalue weighted by molar-refractivity contribution is 0.848. The number of rotatable bonds is 3. The first-order valence-corrected chi connectivity index (χ1v) is 6.56. The molecule has 0 aliphatic carbocycles. The second kappa shape index (κ2) is 4.76.